The lowest BCUT2D eigenvalue weighted by Gasteiger charge is -2.04. The van der Waals surface area contributed by atoms with Crippen molar-refractivity contribution in [2.75, 3.05) is 13.7 Å². The van der Waals surface area contributed by atoms with Gasteiger partial charge in [0.15, 0.2) is 0 Å². The van der Waals surface area contributed by atoms with Gasteiger partial charge in [0.05, 0.1) is 13.7 Å². The van der Waals surface area contributed by atoms with Crippen molar-refractivity contribution in [3.63, 3.8) is 0 Å². The highest BCUT2D eigenvalue weighted by molar-refractivity contribution is 5.81. The first-order valence-corrected chi connectivity index (χ1v) is 14.7. The Bertz CT molecular complexity index is 570. The summed E-state index contributed by atoms with van der Waals surface area (Å²) < 4.78 is 9.11. The third kappa shape index (κ3) is 43.7. The van der Waals surface area contributed by atoms with Crippen LogP contribution in [0.25, 0.3) is 0 Å². The van der Waals surface area contributed by atoms with Crippen LogP contribution in [0.5, 0.6) is 0 Å². The number of esters is 2. The van der Waals surface area contributed by atoms with Crippen LogP contribution in [0, 0.1) is 0 Å². The summed E-state index contributed by atoms with van der Waals surface area (Å²) in [6.07, 6.45) is 30.8. The summed E-state index contributed by atoms with van der Waals surface area (Å²) in [5.74, 6) is -1.67. The highest BCUT2D eigenvalue weighted by Crippen LogP contribution is 2.14. The quantitative estimate of drug-likeness (QED) is 0.0748. The van der Waals surface area contributed by atoms with Gasteiger partial charge in [0, 0.05) is 18.2 Å². The van der Waals surface area contributed by atoms with Gasteiger partial charge in [-0.15, -0.1) is 0 Å². The summed E-state index contributed by atoms with van der Waals surface area (Å²) in [6, 6.07) is 0. The number of carboxylic acid groups (broad SMARTS) is 1. The highest BCUT2D eigenvalue weighted by Gasteiger charge is 1.97. The zero-order valence-corrected chi connectivity index (χ0v) is 24.7. The second-order valence-electron chi connectivity index (χ2n) is 9.36. The Kier molecular flexibility index (Phi) is 38.8. The van der Waals surface area contributed by atoms with Crippen molar-refractivity contribution in [1.29, 1.82) is 0 Å². The summed E-state index contributed by atoms with van der Waals surface area (Å²) in [7, 11) is 1.31. The Labute approximate surface area is 234 Å². The van der Waals surface area contributed by atoms with Crippen molar-refractivity contribution in [2.24, 2.45) is 0 Å². The van der Waals surface area contributed by atoms with Gasteiger partial charge >= 0.3 is 17.9 Å². The van der Waals surface area contributed by atoms with E-state index in [1.807, 2.05) is 0 Å². The monoisotopic (exact) mass is 538 g/mol. The van der Waals surface area contributed by atoms with Gasteiger partial charge in [-0.2, -0.15) is 0 Å². The van der Waals surface area contributed by atoms with E-state index in [2.05, 4.69) is 31.4 Å². The maximum Gasteiger partial charge on any atom is 0.330 e. The van der Waals surface area contributed by atoms with Gasteiger partial charge in [0.2, 0.25) is 0 Å². The molecule has 0 saturated carbocycles. The molecule has 0 saturated heterocycles. The maximum absolute atomic E-state index is 10.9. The molecule has 6 nitrogen and oxygen atoms in total. The molecule has 0 aliphatic heterocycles. The van der Waals surface area contributed by atoms with E-state index in [9.17, 15) is 14.4 Å². The van der Waals surface area contributed by atoms with Crippen molar-refractivity contribution < 1.29 is 29.0 Å². The zero-order valence-electron chi connectivity index (χ0n) is 24.7. The van der Waals surface area contributed by atoms with Crippen LogP contribution < -0.4 is 0 Å². The third-order valence-corrected chi connectivity index (χ3v) is 5.95. The summed E-state index contributed by atoms with van der Waals surface area (Å²) >= 11 is 0. The predicted molar refractivity (Wildman–Crippen MR) is 159 cm³/mol. The molecule has 6 heteroatoms. The number of carbonyl (C=O) groups is 3. The minimum absolute atomic E-state index is 0.298. The number of methoxy groups -OCH3 is 1. The number of ether oxygens (including phenoxy) is 2. The van der Waals surface area contributed by atoms with E-state index >= 15 is 0 Å². The Morgan fingerprint density at radius 2 is 0.842 bits per heavy atom. The van der Waals surface area contributed by atoms with E-state index in [1.54, 1.807) is 0 Å². The van der Waals surface area contributed by atoms with E-state index in [0.717, 1.165) is 18.6 Å². The minimum Gasteiger partial charge on any atom is -0.478 e. The predicted octanol–water partition coefficient (Wildman–Crippen LogP) is 9.14. The lowest BCUT2D eigenvalue weighted by atomic mass is 10.0. The average molecular weight is 539 g/mol. The number of rotatable bonds is 24. The summed E-state index contributed by atoms with van der Waals surface area (Å²) in [5, 5.41) is 7.60. The molecule has 0 fully saturated rings. The molecule has 0 amide bonds. The van der Waals surface area contributed by atoms with Crippen LogP contribution in [0.2, 0.25) is 0 Å². The molecule has 0 aliphatic carbocycles. The number of unbranched alkanes of at least 4 members (excludes halogenated alkanes) is 19. The molecule has 0 aromatic heterocycles. The molecule has 0 spiro atoms. The van der Waals surface area contributed by atoms with Gasteiger partial charge in [-0.05, 0) is 6.42 Å². The molecule has 1 N–H and O–H groups in total. The van der Waals surface area contributed by atoms with Gasteiger partial charge < -0.3 is 14.6 Å². The van der Waals surface area contributed by atoms with Crippen molar-refractivity contribution >= 4 is 17.9 Å². The molecule has 0 bridgehead atoms. The molecule has 0 aliphatic rings. The van der Waals surface area contributed by atoms with Gasteiger partial charge in [-0.3, -0.25) is 0 Å². The Hall–Kier alpha value is -2.37. The normalized spacial score (nSPS) is 9.63. The second-order valence-corrected chi connectivity index (χ2v) is 9.36. The van der Waals surface area contributed by atoms with Crippen LogP contribution in [0.1, 0.15) is 135 Å². The summed E-state index contributed by atoms with van der Waals surface area (Å²) in [5.41, 5.74) is 0. The van der Waals surface area contributed by atoms with Crippen molar-refractivity contribution in [1.82, 2.24) is 0 Å². The molecule has 0 unspecified atom stereocenters. The molecule has 0 aromatic rings. The zero-order chi connectivity index (χ0) is 29.1. The van der Waals surface area contributed by atoms with E-state index in [1.165, 1.54) is 135 Å². The lowest BCUT2D eigenvalue weighted by Crippen LogP contribution is -2.01. The van der Waals surface area contributed by atoms with Gasteiger partial charge in [-0.25, -0.2) is 14.4 Å². The Morgan fingerprint density at radius 3 is 1.05 bits per heavy atom. The number of hydrogen-bond donors (Lipinski definition) is 1. The molecule has 222 valence electrons. The van der Waals surface area contributed by atoms with Crippen molar-refractivity contribution in [2.45, 2.75) is 135 Å². The lowest BCUT2D eigenvalue weighted by molar-refractivity contribution is -0.138. The van der Waals surface area contributed by atoms with E-state index in [-0.39, 0.29) is 5.97 Å². The highest BCUT2D eigenvalue weighted by atomic mass is 16.5. The Morgan fingerprint density at radius 1 is 0.553 bits per heavy atom. The first-order valence-electron chi connectivity index (χ1n) is 14.7. The van der Waals surface area contributed by atoms with Crippen LogP contribution in [0.15, 0.2) is 38.0 Å². The van der Waals surface area contributed by atoms with Crippen LogP contribution in [-0.2, 0) is 23.9 Å². The largest absolute Gasteiger partial charge is 0.478 e. The standard InChI is InChI=1S/C25H48O2.C4H6O2.C3H4O2/c1-3-5-6-7-8-9-10-11-12-13-14-15-16-17-18-19-20-21-22-23-24-27-25(26)4-2;1-3-4(5)6-2;1-2-3(4)5/h4H,2-3,5-24H2,1H3;3H,1H2,2H3;2H,1H2,(H,4,5). The number of aliphatic carboxylic acids is 1. The summed E-state index contributed by atoms with van der Waals surface area (Å²) in [6.45, 7) is 12.3. The molecule has 0 aromatic carbocycles. The van der Waals surface area contributed by atoms with E-state index in [4.69, 9.17) is 9.84 Å². The van der Waals surface area contributed by atoms with Crippen molar-refractivity contribution in [3.05, 3.63) is 38.0 Å². The number of carbonyl (C=O) groups excluding carboxylic acids is 2. The van der Waals surface area contributed by atoms with Crippen molar-refractivity contribution in [3.8, 4) is 0 Å². The smallest absolute Gasteiger partial charge is 0.330 e. The number of hydrogen-bond acceptors (Lipinski definition) is 5. The summed E-state index contributed by atoms with van der Waals surface area (Å²) in [4.78, 5) is 30.0. The first kappa shape index (κ1) is 40.1. The van der Waals surface area contributed by atoms with E-state index in [0.29, 0.717) is 6.61 Å². The molecule has 0 rings (SSSR count). The van der Waals surface area contributed by atoms with Crippen LogP contribution >= 0.6 is 0 Å². The topological polar surface area (TPSA) is 89.9 Å². The fourth-order valence-electron chi connectivity index (χ4n) is 3.67. The number of carboxylic acids is 1. The molecule has 38 heavy (non-hydrogen) atoms. The fraction of sp³-hybridized carbons (Fsp3) is 0.719. The van der Waals surface area contributed by atoms with Crippen LogP contribution in [-0.4, -0.2) is 36.7 Å². The van der Waals surface area contributed by atoms with Gasteiger partial charge in [0.25, 0.3) is 0 Å². The maximum atomic E-state index is 10.9. The molecule has 0 heterocycles. The third-order valence-electron chi connectivity index (χ3n) is 5.95. The molecular weight excluding hydrogens is 480 g/mol. The average Bonchev–Trinajstić information content (AvgIpc) is 2.93. The van der Waals surface area contributed by atoms with Gasteiger partial charge in [0.1, 0.15) is 0 Å². The molecule has 0 radical (unpaired) electrons. The van der Waals surface area contributed by atoms with E-state index < -0.39 is 11.9 Å². The van der Waals surface area contributed by atoms with Gasteiger partial charge in [-0.1, -0.05) is 149 Å². The minimum atomic E-state index is -0.981. The fourth-order valence-corrected chi connectivity index (χ4v) is 3.67. The molecule has 0 atom stereocenters. The molecular formula is C32H58O6. The SMILES string of the molecule is C=CC(=O)O.C=CC(=O)OC.C=CC(=O)OCCCCCCCCCCCCCCCCCCCCCC. The first-order chi connectivity index (χ1) is 18.4. The van der Waals surface area contributed by atoms with Crippen LogP contribution in [0.3, 0.4) is 0 Å². The second kappa shape index (κ2) is 36.8. The van der Waals surface area contributed by atoms with Crippen LogP contribution in [0.4, 0.5) is 0 Å². The Balaban J connectivity index is -0.000000924.